The summed E-state index contributed by atoms with van der Waals surface area (Å²) in [5.41, 5.74) is 0. The van der Waals surface area contributed by atoms with Gasteiger partial charge in [-0.25, -0.2) is 0 Å². The van der Waals surface area contributed by atoms with Gasteiger partial charge in [0.15, 0.2) is 0 Å². The molecule has 1 aliphatic heterocycles. The number of hydrogen-bond acceptors (Lipinski definition) is 3. The molecule has 3 nitrogen and oxygen atoms in total. The average Bonchev–Trinajstić information content (AvgIpc) is 2.10. The Bertz CT molecular complexity index is 160. The van der Waals surface area contributed by atoms with E-state index >= 15 is 0 Å². The van der Waals surface area contributed by atoms with Crippen molar-refractivity contribution in [3.63, 3.8) is 0 Å². The lowest BCUT2D eigenvalue weighted by Gasteiger charge is -2.32. The molecule has 0 amide bonds. The van der Waals surface area contributed by atoms with Crippen molar-refractivity contribution in [3.05, 3.63) is 0 Å². The summed E-state index contributed by atoms with van der Waals surface area (Å²) in [6.45, 7) is 6.78. The fourth-order valence-corrected chi connectivity index (χ4v) is 2.11. The van der Waals surface area contributed by atoms with Crippen LogP contribution in [0.1, 0.15) is 46.5 Å². The standard InChI is InChI=1S/C12H24O3/c1-9(13)5-4-6-14-12-7-10(2)15-11(3)8-12/h9-13H,4-8H2,1-3H3. The SMILES string of the molecule is CC(O)CCCOC1CC(C)OC(C)C1. The van der Waals surface area contributed by atoms with Crippen molar-refractivity contribution in [1.29, 1.82) is 0 Å². The van der Waals surface area contributed by atoms with Crippen LogP contribution in [0.5, 0.6) is 0 Å². The van der Waals surface area contributed by atoms with Crippen molar-refractivity contribution < 1.29 is 14.6 Å². The van der Waals surface area contributed by atoms with Crippen molar-refractivity contribution in [1.82, 2.24) is 0 Å². The molecule has 3 unspecified atom stereocenters. The van der Waals surface area contributed by atoms with Crippen LogP contribution < -0.4 is 0 Å². The summed E-state index contributed by atoms with van der Waals surface area (Å²) in [6.07, 6.45) is 4.54. The van der Waals surface area contributed by atoms with E-state index in [2.05, 4.69) is 13.8 Å². The van der Waals surface area contributed by atoms with E-state index in [4.69, 9.17) is 14.6 Å². The summed E-state index contributed by atoms with van der Waals surface area (Å²) in [7, 11) is 0. The fraction of sp³-hybridized carbons (Fsp3) is 1.00. The van der Waals surface area contributed by atoms with Gasteiger partial charge in [0, 0.05) is 6.61 Å². The molecule has 3 atom stereocenters. The van der Waals surface area contributed by atoms with Crippen LogP contribution in [0.15, 0.2) is 0 Å². The quantitative estimate of drug-likeness (QED) is 0.715. The minimum Gasteiger partial charge on any atom is -0.393 e. The molecule has 0 radical (unpaired) electrons. The van der Waals surface area contributed by atoms with Gasteiger partial charge in [-0.2, -0.15) is 0 Å². The lowest BCUT2D eigenvalue weighted by atomic mass is 10.0. The van der Waals surface area contributed by atoms with Crippen LogP contribution in [0.2, 0.25) is 0 Å². The van der Waals surface area contributed by atoms with Gasteiger partial charge >= 0.3 is 0 Å². The summed E-state index contributed by atoms with van der Waals surface area (Å²) in [5.74, 6) is 0. The van der Waals surface area contributed by atoms with Crippen LogP contribution in [0.25, 0.3) is 0 Å². The summed E-state index contributed by atoms with van der Waals surface area (Å²) in [5, 5.41) is 9.10. The predicted octanol–water partition coefficient (Wildman–Crippen LogP) is 2.12. The van der Waals surface area contributed by atoms with Crippen LogP contribution in [0.4, 0.5) is 0 Å². The van der Waals surface area contributed by atoms with Gasteiger partial charge in [-0.3, -0.25) is 0 Å². The highest BCUT2D eigenvalue weighted by atomic mass is 16.5. The Morgan fingerprint density at radius 1 is 1.33 bits per heavy atom. The first-order valence-corrected chi connectivity index (χ1v) is 6.03. The third kappa shape index (κ3) is 5.50. The van der Waals surface area contributed by atoms with Crippen molar-refractivity contribution >= 4 is 0 Å². The van der Waals surface area contributed by atoms with E-state index in [1.54, 1.807) is 0 Å². The Morgan fingerprint density at radius 3 is 2.47 bits per heavy atom. The molecule has 0 aromatic heterocycles. The first-order valence-electron chi connectivity index (χ1n) is 6.03. The van der Waals surface area contributed by atoms with Crippen LogP contribution >= 0.6 is 0 Å². The number of ether oxygens (including phenoxy) is 2. The molecule has 0 aromatic carbocycles. The zero-order valence-electron chi connectivity index (χ0n) is 10.1. The van der Waals surface area contributed by atoms with E-state index in [9.17, 15) is 0 Å². The second-order valence-corrected chi connectivity index (χ2v) is 4.71. The van der Waals surface area contributed by atoms with Gasteiger partial charge < -0.3 is 14.6 Å². The Hall–Kier alpha value is -0.120. The van der Waals surface area contributed by atoms with Crippen molar-refractivity contribution in [2.24, 2.45) is 0 Å². The van der Waals surface area contributed by atoms with Gasteiger partial charge in [0.05, 0.1) is 24.4 Å². The Balaban J connectivity index is 2.10. The number of hydrogen-bond donors (Lipinski definition) is 1. The average molecular weight is 216 g/mol. The Kier molecular flexibility index (Phi) is 5.58. The summed E-state index contributed by atoms with van der Waals surface area (Å²) < 4.78 is 11.4. The van der Waals surface area contributed by atoms with Gasteiger partial charge in [0.1, 0.15) is 0 Å². The highest BCUT2D eigenvalue weighted by molar-refractivity contribution is 4.73. The molecular weight excluding hydrogens is 192 g/mol. The molecule has 90 valence electrons. The molecule has 1 fully saturated rings. The maximum absolute atomic E-state index is 9.10. The molecule has 0 bridgehead atoms. The van der Waals surface area contributed by atoms with E-state index in [0.717, 1.165) is 32.3 Å². The maximum Gasteiger partial charge on any atom is 0.0624 e. The first-order chi connectivity index (χ1) is 7.08. The number of aliphatic hydroxyl groups is 1. The summed E-state index contributed by atoms with van der Waals surface area (Å²) >= 11 is 0. The number of aliphatic hydroxyl groups excluding tert-OH is 1. The van der Waals surface area contributed by atoms with Crippen LogP contribution in [0, 0.1) is 0 Å². The van der Waals surface area contributed by atoms with Gasteiger partial charge in [0.2, 0.25) is 0 Å². The lowest BCUT2D eigenvalue weighted by molar-refractivity contribution is -0.102. The predicted molar refractivity (Wildman–Crippen MR) is 59.9 cm³/mol. The van der Waals surface area contributed by atoms with Gasteiger partial charge in [0.25, 0.3) is 0 Å². The van der Waals surface area contributed by atoms with Crippen LogP contribution in [-0.4, -0.2) is 36.1 Å². The molecule has 0 aliphatic carbocycles. The van der Waals surface area contributed by atoms with Gasteiger partial charge in [-0.1, -0.05) is 0 Å². The molecule has 15 heavy (non-hydrogen) atoms. The third-order valence-electron chi connectivity index (χ3n) is 2.77. The Labute approximate surface area is 92.8 Å². The summed E-state index contributed by atoms with van der Waals surface area (Å²) in [4.78, 5) is 0. The molecule has 1 N–H and O–H groups in total. The zero-order valence-corrected chi connectivity index (χ0v) is 10.1. The molecule has 3 heteroatoms. The molecule has 0 spiro atoms. The molecule has 1 aliphatic rings. The van der Waals surface area contributed by atoms with Crippen molar-refractivity contribution in [3.8, 4) is 0 Å². The first kappa shape index (κ1) is 12.9. The van der Waals surface area contributed by atoms with E-state index < -0.39 is 0 Å². The minimum atomic E-state index is -0.207. The highest BCUT2D eigenvalue weighted by Gasteiger charge is 2.24. The monoisotopic (exact) mass is 216 g/mol. The fourth-order valence-electron chi connectivity index (χ4n) is 2.11. The normalized spacial score (nSPS) is 34.0. The number of rotatable bonds is 5. The molecular formula is C12H24O3. The zero-order chi connectivity index (χ0) is 11.3. The Morgan fingerprint density at radius 2 is 1.93 bits per heavy atom. The summed E-state index contributed by atoms with van der Waals surface area (Å²) in [6, 6.07) is 0. The third-order valence-corrected chi connectivity index (χ3v) is 2.77. The van der Waals surface area contributed by atoms with Gasteiger partial charge in [-0.05, 0) is 46.5 Å². The molecule has 1 saturated heterocycles. The van der Waals surface area contributed by atoms with E-state index in [1.165, 1.54) is 0 Å². The van der Waals surface area contributed by atoms with Crippen molar-refractivity contribution in [2.45, 2.75) is 70.9 Å². The lowest BCUT2D eigenvalue weighted by Crippen LogP contribution is -2.34. The molecule has 1 heterocycles. The second kappa shape index (κ2) is 6.46. The maximum atomic E-state index is 9.10. The second-order valence-electron chi connectivity index (χ2n) is 4.71. The minimum absolute atomic E-state index is 0.207. The van der Waals surface area contributed by atoms with E-state index in [1.807, 2.05) is 6.92 Å². The molecule has 0 saturated carbocycles. The van der Waals surface area contributed by atoms with Crippen LogP contribution in [-0.2, 0) is 9.47 Å². The molecule has 1 rings (SSSR count). The van der Waals surface area contributed by atoms with Gasteiger partial charge in [-0.15, -0.1) is 0 Å². The van der Waals surface area contributed by atoms with Crippen LogP contribution in [0.3, 0.4) is 0 Å². The topological polar surface area (TPSA) is 38.7 Å². The van der Waals surface area contributed by atoms with E-state index in [-0.39, 0.29) is 6.10 Å². The molecule has 0 aromatic rings. The van der Waals surface area contributed by atoms with Crippen molar-refractivity contribution in [2.75, 3.05) is 6.61 Å². The van der Waals surface area contributed by atoms with E-state index in [0.29, 0.717) is 18.3 Å². The smallest absolute Gasteiger partial charge is 0.0624 e. The highest BCUT2D eigenvalue weighted by Crippen LogP contribution is 2.21. The largest absolute Gasteiger partial charge is 0.393 e.